The van der Waals surface area contributed by atoms with Crippen molar-refractivity contribution in [3.63, 3.8) is 0 Å². The molecule has 1 aromatic carbocycles. The van der Waals surface area contributed by atoms with E-state index >= 15 is 0 Å². The molecular formula is C17H24FN3O3. The Morgan fingerprint density at radius 2 is 2.04 bits per heavy atom. The summed E-state index contributed by atoms with van der Waals surface area (Å²) in [6.07, 6.45) is 1.54. The number of imide groups is 1. The molecule has 0 saturated carbocycles. The zero-order valence-electron chi connectivity index (χ0n) is 14.0. The summed E-state index contributed by atoms with van der Waals surface area (Å²) in [5.74, 6) is -0.703. The minimum Gasteiger partial charge on any atom is -0.388 e. The van der Waals surface area contributed by atoms with Gasteiger partial charge in [0.05, 0.1) is 12.1 Å². The molecule has 0 spiro atoms. The molecule has 0 aromatic heterocycles. The minimum absolute atomic E-state index is 0.0375. The number of rotatable bonds is 5. The van der Waals surface area contributed by atoms with Crippen LogP contribution >= 0.6 is 0 Å². The molecule has 132 valence electrons. The minimum atomic E-state index is -0.717. The fourth-order valence-corrected chi connectivity index (χ4v) is 3.13. The van der Waals surface area contributed by atoms with E-state index in [1.54, 1.807) is 19.1 Å². The van der Waals surface area contributed by atoms with E-state index in [1.807, 2.05) is 4.90 Å². The van der Waals surface area contributed by atoms with Gasteiger partial charge in [0, 0.05) is 13.1 Å². The first kappa shape index (κ1) is 18.4. The van der Waals surface area contributed by atoms with E-state index in [-0.39, 0.29) is 17.8 Å². The first-order chi connectivity index (χ1) is 11.4. The second kappa shape index (κ2) is 8.21. The number of hydrogen-bond acceptors (Lipinski definition) is 4. The number of carbonyl (C=O) groups is 2. The Morgan fingerprint density at radius 3 is 2.67 bits per heavy atom. The highest BCUT2D eigenvalue weighted by Gasteiger charge is 2.33. The summed E-state index contributed by atoms with van der Waals surface area (Å²) < 4.78 is 13.0. The molecule has 0 bridgehead atoms. The molecule has 2 rings (SSSR count). The Kier molecular flexibility index (Phi) is 6.28. The lowest BCUT2D eigenvalue weighted by Crippen LogP contribution is -2.50. The number of likely N-dealkylation sites (tertiary alicyclic amines) is 1. The lowest BCUT2D eigenvalue weighted by molar-refractivity contribution is -0.125. The predicted molar refractivity (Wildman–Crippen MR) is 87.8 cm³/mol. The van der Waals surface area contributed by atoms with Gasteiger partial charge >= 0.3 is 6.03 Å². The lowest BCUT2D eigenvalue weighted by Gasteiger charge is -2.31. The van der Waals surface area contributed by atoms with Gasteiger partial charge in [-0.3, -0.25) is 15.0 Å². The summed E-state index contributed by atoms with van der Waals surface area (Å²) in [4.78, 5) is 25.4. The summed E-state index contributed by atoms with van der Waals surface area (Å²) in [7, 11) is 1.45. The highest BCUT2D eigenvalue weighted by Crippen LogP contribution is 2.29. The number of benzene rings is 1. The molecule has 0 radical (unpaired) electrons. The Hall–Kier alpha value is -1.99. The van der Waals surface area contributed by atoms with E-state index in [4.69, 9.17) is 0 Å². The van der Waals surface area contributed by atoms with E-state index in [0.29, 0.717) is 12.0 Å². The predicted octanol–water partition coefficient (Wildman–Crippen LogP) is 1.56. The highest BCUT2D eigenvalue weighted by atomic mass is 19.1. The lowest BCUT2D eigenvalue weighted by atomic mass is 10.00. The van der Waals surface area contributed by atoms with Crippen LogP contribution in [0.3, 0.4) is 0 Å². The van der Waals surface area contributed by atoms with Crippen molar-refractivity contribution in [1.29, 1.82) is 0 Å². The molecule has 24 heavy (non-hydrogen) atoms. The third kappa shape index (κ3) is 4.52. The SMILES string of the molecule is CNC(=O)NC(=O)[C@H](C)N1CCC[C@@H]1C[C@@H](O)c1ccc(F)cc1. The molecule has 3 atom stereocenters. The maximum absolute atomic E-state index is 13.0. The smallest absolute Gasteiger partial charge is 0.321 e. The van der Waals surface area contributed by atoms with Crippen LogP contribution in [0.15, 0.2) is 24.3 Å². The van der Waals surface area contributed by atoms with Crippen molar-refractivity contribution >= 4 is 11.9 Å². The second-order valence-electron chi connectivity index (χ2n) is 6.08. The molecular weight excluding hydrogens is 313 g/mol. The van der Waals surface area contributed by atoms with Gasteiger partial charge in [-0.1, -0.05) is 12.1 Å². The van der Waals surface area contributed by atoms with Gasteiger partial charge in [-0.2, -0.15) is 0 Å². The Balaban J connectivity index is 1.98. The van der Waals surface area contributed by atoms with E-state index in [0.717, 1.165) is 19.4 Å². The van der Waals surface area contributed by atoms with Crippen molar-refractivity contribution in [3.05, 3.63) is 35.6 Å². The van der Waals surface area contributed by atoms with E-state index in [9.17, 15) is 19.1 Å². The summed E-state index contributed by atoms with van der Waals surface area (Å²) in [6, 6.07) is 4.83. The number of hydrogen-bond donors (Lipinski definition) is 3. The average molecular weight is 337 g/mol. The third-order valence-electron chi connectivity index (χ3n) is 4.51. The average Bonchev–Trinajstić information content (AvgIpc) is 3.02. The van der Waals surface area contributed by atoms with Gasteiger partial charge in [-0.05, 0) is 50.4 Å². The van der Waals surface area contributed by atoms with Crippen LogP contribution in [0.25, 0.3) is 0 Å². The van der Waals surface area contributed by atoms with Crippen molar-refractivity contribution < 1.29 is 19.1 Å². The van der Waals surface area contributed by atoms with Crippen molar-refractivity contribution in [3.8, 4) is 0 Å². The largest absolute Gasteiger partial charge is 0.388 e. The van der Waals surface area contributed by atoms with Crippen LogP contribution in [0.4, 0.5) is 9.18 Å². The maximum atomic E-state index is 13.0. The number of nitrogens with zero attached hydrogens (tertiary/aromatic N) is 1. The van der Waals surface area contributed by atoms with Crippen LogP contribution in [-0.4, -0.2) is 47.6 Å². The quantitative estimate of drug-likeness (QED) is 0.762. The zero-order chi connectivity index (χ0) is 17.7. The van der Waals surface area contributed by atoms with Crippen molar-refractivity contribution in [1.82, 2.24) is 15.5 Å². The van der Waals surface area contributed by atoms with Crippen LogP contribution in [0, 0.1) is 5.82 Å². The molecule has 1 saturated heterocycles. The maximum Gasteiger partial charge on any atom is 0.321 e. The number of aliphatic hydroxyl groups excluding tert-OH is 1. The van der Waals surface area contributed by atoms with Gasteiger partial charge < -0.3 is 10.4 Å². The number of nitrogens with one attached hydrogen (secondary N) is 2. The fourth-order valence-electron chi connectivity index (χ4n) is 3.13. The highest BCUT2D eigenvalue weighted by molar-refractivity contribution is 5.96. The van der Waals surface area contributed by atoms with E-state index in [2.05, 4.69) is 10.6 Å². The van der Waals surface area contributed by atoms with Crippen LogP contribution in [0.1, 0.15) is 37.9 Å². The van der Waals surface area contributed by atoms with Gasteiger partial charge in [-0.25, -0.2) is 9.18 Å². The zero-order valence-corrected chi connectivity index (χ0v) is 14.0. The summed E-state index contributed by atoms with van der Waals surface area (Å²) in [6.45, 7) is 2.49. The van der Waals surface area contributed by atoms with E-state index in [1.165, 1.54) is 19.2 Å². The Morgan fingerprint density at radius 1 is 1.38 bits per heavy atom. The van der Waals surface area contributed by atoms with Gasteiger partial charge in [-0.15, -0.1) is 0 Å². The normalized spacial score (nSPS) is 20.4. The monoisotopic (exact) mass is 337 g/mol. The summed E-state index contributed by atoms with van der Waals surface area (Å²) >= 11 is 0. The number of aliphatic hydroxyl groups is 1. The molecule has 0 aliphatic carbocycles. The molecule has 0 unspecified atom stereocenters. The topological polar surface area (TPSA) is 81.7 Å². The Bertz CT molecular complexity index is 579. The molecule has 1 aliphatic rings. The van der Waals surface area contributed by atoms with Crippen LogP contribution in [-0.2, 0) is 4.79 Å². The Labute approximate surface area is 141 Å². The van der Waals surface area contributed by atoms with Gasteiger partial charge in [0.15, 0.2) is 0 Å². The number of amides is 3. The van der Waals surface area contributed by atoms with Gasteiger partial charge in [0.2, 0.25) is 5.91 Å². The van der Waals surface area contributed by atoms with Crippen LogP contribution in [0.2, 0.25) is 0 Å². The molecule has 7 heteroatoms. The standard InChI is InChI=1S/C17H24FN3O3/c1-11(16(23)20-17(24)19-2)21-9-3-4-14(21)10-15(22)12-5-7-13(18)8-6-12/h5-8,11,14-15,22H,3-4,9-10H2,1-2H3,(H2,19,20,23,24)/t11-,14+,15+/m0/s1. The summed E-state index contributed by atoms with van der Waals surface area (Å²) in [5, 5.41) is 15.0. The molecule has 6 nitrogen and oxygen atoms in total. The van der Waals surface area contributed by atoms with Gasteiger partial charge in [0.25, 0.3) is 0 Å². The molecule has 1 fully saturated rings. The first-order valence-electron chi connectivity index (χ1n) is 8.14. The molecule has 1 heterocycles. The second-order valence-corrected chi connectivity index (χ2v) is 6.08. The molecule has 3 amide bonds. The van der Waals surface area contributed by atoms with Crippen molar-refractivity contribution in [2.24, 2.45) is 0 Å². The first-order valence-corrected chi connectivity index (χ1v) is 8.14. The van der Waals surface area contributed by atoms with Gasteiger partial charge in [0.1, 0.15) is 5.82 Å². The molecule has 3 N–H and O–H groups in total. The molecule has 1 aromatic rings. The van der Waals surface area contributed by atoms with Crippen LogP contribution in [0.5, 0.6) is 0 Å². The number of carbonyl (C=O) groups excluding carboxylic acids is 2. The van der Waals surface area contributed by atoms with Crippen molar-refractivity contribution in [2.45, 2.75) is 44.4 Å². The van der Waals surface area contributed by atoms with Crippen molar-refractivity contribution in [2.75, 3.05) is 13.6 Å². The summed E-state index contributed by atoms with van der Waals surface area (Å²) in [5.41, 5.74) is 0.658. The number of halogens is 1. The third-order valence-corrected chi connectivity index (χ3v) is 4.51. The van der Waals surface area contributed by atoms with E-state index < -0.39 is 18.2 Å². The number of urea groups is 1. The molecule has 1 aliphatic heterocycles. The van der Waals surface area contributed by atoms with Crippen LogP contribution < -0.4 is 10.6 Å². The fraction of sp³-hybridized carbons (Fsp3) is 0.529.